The summed E-state index contributed by atoms with van der Waals surface area (Å²) in [4.78, 5) is 18.2. The van der Waals surface area contributed by atoms with Crippen LogP contribution < -0.4 is 19.7 Å². The topological polar surface area (TPSA) is 74.3 Å². The summed E-state index contributed by atoms with van der Waals surface area (Å²) in [5.74, 6) is 1.19. The Morgan fingerprint density at radius 1 is 0.857 bits per heavy atom. The van der Waals surface area contributed by atoms with Crippen LogP contribution in [-0.4, -0.2) is 66.9 Å². The number of hydrogen-bond donors (Lipinski definition) is 2. The van der Waals surface area contributed by atoms with Gasteiger partial charge in [0.25, 0.3) is 0 Å². The van der Waals surface area contributed by atoms with Gasteiger partial charge in [0.05, 0.1) is 34.2 Å². The highest BCUT2D eigenvalue weighted by atomic mass is 35.5. The number of ether oxygens (including phenoxy) is 2. The van der Waals surface area contributed by atoms with Crippen LogP contribution in [0.1, 0.15) is 75.9 Å². The molecule has 4 fully saturated rings. The lowest BCUT2D eigenvalue weighted by Crippen LogP contribution is -2.48. The van der Waals surface area contributed by atoms with Gasteiger partial charge in [-0.25, -0.2) is 0 Å². The number of nitrogens with one attached hydrogen (secondary N) is 1. The largest absolute Gasteiger partial charge is 0.489 e. The van der Waals surface area contributed by atoms with Gasteiger partial charge < -0.3 is 29.7 Å². The van der Waals surface area contributed by atoms with E-state index in [0.717, 1.165) is 76.0 Å². The molecular weight excluding hydrogens is 573 g/mol. The Morgan fingerprint density at radius 3 is 2.33 bits per heavy atom. The van der Waals surface area contributed by atoms with Crippen LogP contribution in [0.3, 0.4) is 0 Å². The number of carbonyl (C=O) groups is 1. The van der Waals surface area contributed by atoms with Crippen LogP contribution in [0, 0.1) is 5.92 Å². The molecule has 2 aliphatic heterocycles. The van der Waals surface area contributed by atoms with Crippen LogP contribution in [0.25, 0.3) is 0 Å². The van der Waals surface area contributed by atoms with Crippen LogP contribution in [-0.2, 0) is 4.79 Å². The Kier molecular flexibility index (Phi) is 9.69. The molecule has 1 unspecified atom stereocenters. The fourth-order valence-electron chi connectivity index (χ4n) is 6.51. The van der Waals surface area contributed by atoms with E-state index in [-0.39, 0.29) is 24.0 Å². The molecule has 0 bridgehead atoms. The molecule has 2 saturated heterocycles. The monoisotopic (exact) mass is 615 g/mol. The predicted molar refractivity (Wildman–Crippen MR) is 167 cm³/mol. The van der Waals surface area contributed by atoms with Gasteiger partial charge in [-0.05, 0) is 101 Å². The molecule has 7 nitrogen and oxygen atoms in total. The molecule has 2 N–H and O–H groups in total. The molecule has 0 aromatic heterocycles. The van der Waals surface area contributed by atoms with Crippen LogP contribution >= 0.6 is 23.2 Å². The van der Waals surface area contributed by atoms with E-state index in [9.17, 15) is 9.90 Å². The second-order valence-electron chi connectivity index (χ2n) is 12.5. The molecule has 9 heteroatoms. The zero-order valence-corrected chi connectivity index (χ0v) is 25.8. The smallest absolute Gasteiger partial charge is 0.225 e. The van der Waals surface area contributed by atoms with Gasteiger partial charge in [0, 0.05) is 31.4 Å². The molecule has 6 rings (SSSR count). The van der Waals surface area contributed by atoms with Crippen LogP contribution in [0.5, 0.6) is 11.5 Å². The fraction of sp³-hybridized carbons (Fsp3) is 0.606. The first-order valence-corrected chi connectivity index (χ1v) is 16.6. The number of aliphatic hydroxyl groups excluding tert-OH is 1. The van der Waals surface area contributed by atoms with Crippen molar-refractivity contribution in [1.82, 2.24) is 10.2 Å². The van der Waals surface area contributed by atoms with Crippen LogP contribution in [0.15, 0.2) is 36.4 Å². The van der Waals surface area contributed by atoms with Crippen molar-refractivity contribution in [3.05, 3.63) is 52.0 Å². The average molecular weight is 617 g/mol. The second kappa shape index (κ2) is 13.6. The fourth-order valence-corrected chi connectivity index (χ4v) is 6.91. The molecule has 42 heavy (non-hydrogen) atoms. The number of carbonyl (C=O) groups excluding carboxylic acids is 1. The Bertz CT molecular complexity index is 1230. The molecule has 2 heterocycles. The normalized spacial score (nSPS) is 23.1. The zero-order chi connectivity index (χ0) is 29.1. The first-order chi connectivity index (χ1) is 20.4. The SMILES string of the molecule is O=C(N[C@H](CN1CCCC1)[C@H](O)c1ccc(OC2CC2)c(Cl)c1)C1CCN(c2ccc(Cl)c(OC3CCCCC3)c2)C1. The molecule has 0 spiro atoms. The van der Waals surface area contributed by atoms with Crippen molar-refractivity contribution >= 4 is 34.8 Å². The van der Waals surface area contributed by atoms with Gasteiger partial charge >= 0.3 is 0 Å². The van der Waals surface area contributed by atoms with Crippen molar-refractivity contribution < 1.29 is 19.4 Å². The van der Waals surface area contributed by atoms with Crippen LogP contribution in [0.4, 0.5) is 5.69 Å². The van der Waals surface area contributed by atoms with E-state index >= 15 is 0 Å². The van der Waals surface area contributed by atoms with E-state index in [1.165, 1.54) is 19.3 Å². The minimum absolute atomic E-state index is 0.0202. The number of nitrogens with zero attached hydrogens (tertiary/aromatic N) is 2. The minimum atomic E-state index is -0.879. The van der Waals surface area contributed by atoms with Crippen LogP contribution in [0.2, 0.25) is 10.0 Å². The quantitative estimate of drug-likeness (QED) is 0.305. The maximum absolute atomic E-state index is 13.6. The van der Waals surface area contributed by atoms with Gasteiger partial charge in [0.15, 0.2) is 0 Å². The number of amides is 1. The van der Waals surface area contributed by atoms with Crippen molar-refractivity contribution in [2.24, 2.45) is 5.92 Å². The number of halogens is 2. The maximum atomic E-state index is 13.6. The van der Waals surface area contributed by atoms with Crippen molar-refractivity contribution in [3.63, 3.8) is 0 Å². The molecule has 2 aromatic carbocycles. The molecule has 2 saturated carbocycles. The van der Waals surface area contributed by atoms with Gasteiger partial charge in [-0.3, -0.25) is 4.79 Å². The number of hydrogen-bond acceptors (Lipinski definition) is 6. The zero-order valence-electron chi connectivity index (χ0n) is 24.3. The van der Waals surface area contributed by atoms with E-state index < -0.39 is 12.1 Å². The highest BCUT2D eigenvalue weighted by Crippen LogP contribution is 2.36. The number of likely N-dealkylation sites (tertiary alicyclic amines) is 1. The second-order valence-corrected chi connectivity index (χ2v) is 13.3. The minimum Gasteiger partial charge on any atom is -0.489 e. The highest BCUT2D eigenvalue weighted by Gasteiger charge is 2.34. The summed E-state index contributed by atoms with van der Waals surface area (Å²) in [7, 11) is 0. The third kappa shape index (κ3) is 7.47. The highest BCUT2D eigenvalue weighted by molar-refractivity contribution is 6.32. The lowest BCUT2D eigenvalue weighted by atomic mass is 9.98. The predicted octanol–water partition coefficient (Wildman–Crippen LogP) is 6.39. The van der Waals surface area contributed by atoms with Gasteiger partial charge in [0.2, 0.25) is 5.91 Å². The van der Waals surface area contributed by atoms with Gasteiger partial charge in [-0.2, -0.15) is 0 Å². The molecule has 3 atom stereocenters. The van der Waals surface area contributed by atoms with Crippen molar-refractivity contribution in [1.29, 1.82) is 0 Å². The molecule has 2 aromatic rings. The van der Waals surface area contributed by atoms with Crippen molar-refractivity contribution in [2.45, 2.75) is 88.6 Å². The van der Waals surface area contributed by atoms with Crippen molar-refractivity contribution in [3.8, 4) is 11.5 Å². The Balaban J connectivity index is 1.10. The van der Waals surface area contributed by atoms with E-state index in [1.54, 1.807) is 6.07 Å². The number of anilines is 1. The summed E-state index contributed by atoms with van der Waals surface area (Å²) in [6, 6.07) is 11.0. The van der Waals surface area contributed by atoms with Gasteiger partial charge in [-0.1, -0.05) is 35.7 Å². The summed E-state index contributed by atoms with van der Waals surface area (Å²) in [6.07, 6.45) is 10.5. The Labute approximate surface area is 259 Å². The third-order valence-corrected chi connectivity index (χ3v) is 9.77. The Hall–Kier alpha value is -2.19. The van der Waals surface area contributed by atoms with Crippen molar-refractivity contribution in [2.75, 3.05) is 37.6 Å². The van der Waals surface area contributed by atoms with E-state index in [2.05, 4.69) is 15.1 Å². The lowest BCUT2D eigenvalue weighted by molar-refractivity contribution is -0.126. The third-order valence-electron chi connectivity index (χ3n) is 9.16. The lowest BCUT2D eigenvalue weighted by Gasteiger charge is -2.30. The summed E-state index contributed by atoms with van der Waals surface area (Å²) < 4.78 is 12.2. The summed E-state index contributed by atoms with van der Waals surface area (Å²) >= 11 is 13.0. The average Bonchev–Trinajstić information content (AvgIpc) is 3.42. The molecule has 228 valence electrons. The molecular formula is C33H43Cl2N3O4. The Morgan fingerprint density at radius 2 is 1.60 bits per heavy atom. The van der Waals surface area contributed by atoms with Gasteiger partial charge in [-0.15, -0.1) is 0 Å². The van der Waals surface area contributed by atoms with Gasteiger partial charge in [0.1, 0.15) is 17.6 Å². The summed E-state index contributed by atoms with van der Waals surface area (Å²) in [5, 5.41) is 15.8. The maximum Gasteiger partial charge on any atom is 0.225 e. The van der Waals surface area contributed by atoms with E-state index in [1.807, 2.05) is 30.3 Å². The molecule has 4 aliphatic rings. The van der Waals surface area contributed by atoms with E-state index in [4.69, 9.17) is 32.7 Å². The van der Waals surface area contributed by atoms with E-state index in [0.29, 0.717) is 34.4 Å². The number of benzene rings is 2. The number of rotatable bonds is 11. The molecule has 0 radical (unpaired) electrons. The number of aliphatic hydroxyl groups is 1. The molecule has 1 amide bonds. The standard InChI is InChI=1S/C33H43Cl2N3O4/c34-27-12-9-24(19-31(27)42-25-6-2-1-3-7-25)38-17-14-23(20-38)33(40)36-29(21-37-15-4-5-16-37)32(39)22-8-13-30(28(35)18-22)41-26-10-11-26/h8-9,12-13,18-19,23,25-26,29,32,39H,1-7,10-11,14-17,20-21H2,(H,36,40)/t23?,29-,32-/m1/s1. The first-order valence-electron chi connectivity index (χ1n) is 15.8. The summed E-state index contributed by atoms with van der Waals surface area (Å²) in [5.41, 5.74) is 1.71. The summed E-state index contributed by atoms with van der Waals surface area (Å²) in [6.45, 7) is 3.95. The first kappa shape index (κ1) is 29.9. The molecule has 2 aliphatic carbocycles.